The number of rotatable bonds is 0. The standard InChI is InChI=1S/C10H12O4/c1-9-4-3-5(14-9)10(2)6(9)7(11)13-8(10)12/h5-6H,3-4H2,1-2H3/t5-,6-,9+,10-/m1/s1. The van der Waals surface area contributed by atoms with Gasteiger partial charge in [-0.15, -0.1) is 0 Å². The molecule has 0 amide bonds. The topological polar surface area (TPSA) is 52.6 Å². The van der Waals surface area contributed by atoms with Crippen LogP contribution >= 0.6 is 0 Å². The summed E-state index contributed by atoms with van der Waals surface area (Å²) in [7, 11) is 0. The van der Waals surface area contributed by atoms with E-state index in [4.69, 9.17) is 9.47 Å². The molecule has 0 aromatic rings. The van der Waals surface area contributed by atoms with Gasteiger partial charge in [-0.3, -0.25) is 9.59 Å². The van der Waals surface area contributed by atoms with Crippen LogP contribution in [0, 0.1) is 11.3 Å². The molecule has 4 heteroatoms. The van der Waals surface area contributed by atoms with E-state index in [-0.39, 0.29) is 12.0 Å². The molecule has 3 rings (SSSR count). The Morgan fingerprint density at radius 1 is 1.36 bits per heavy atom. The highest BCUT2D eigenvalue weighted by atomic mass is 16.6. The Hall–Kier alpha value is -0.900. The van der Waals surface area contributed by atoms with Crippen LogP contribution in [0.5, 0.6) is 0 Å². The lowest BCUT2D eigenvalue weighted by molar-refractivity contribution is -0.160. The Balaban J connectivity index is 2.16. The van der Waals surface area contributed by atoms with E-state index in [2.05, 4.69) is 0 Å². The average molecular weight is 196 g/mol. The van der Waals surface area contributed by atoms with E-state index in [9.17, 15) is 9.59 Å². The first-order chi connectivity index (χ1) is 6.48. The van der Waals surface area contributed by atoms with E-state index in [0.29, 0.717) is 0 Å². The molecule has 3 fully saturated rings. The molecule has 0 unspecified atom stereocenters. The summed E-state index contributed by atoms with van der Waals surface area (Å²) >= 11 is 0. The van der Waals surface area contributed by atoms with Crippen LogP contribution in [0.3, 0.4) is 0 Å². The summed E-state index contributed by atoms with van der Waals surface area (Å²) in [5.74, 6) is -1.19. The normalized spacial score (nSPS) is 55.0. The summed E-state index contributed by atoms with van der Waals surface area (Å²) in [4.78, 5) is 23.1. The van der Waals surface area contributed by atoms with Crippen molar-refractivity contribution in [2.24, 2.45) is 11.3 Å². The summed E-state index contributed by atoms with van der Waals surface area (Å²) < 4.78 is 10.5. The minimum absolute atomic E-state index is 0.128. The quantitative estimate of drug-likeness (QED) is 0.421. The third-order valence-electron chi connectivity index (χ3n) is 4.06. The van der Waals surface area contributed by atoms with E-state index in [0.717, 1.165) is 12.8 Å². The molecular weight excluding hydrogens is 184 g/mol. The second-order valence-corrected chi connectivity index (χ2v) is 4.88. The van der Waals surface area contributed by atoms with Crippen molar-refractivity contribution >= 4 is 11.9 Å². The second-order valence-electron chi connectivity index (χ2n) is 4.88. The number of hydrogen-bond donors (Lipinski definition) is 0. The van der Waals surface area contributed by atoms with Gasteiger partial charge in [-0.2, -0.15) is 0 Å². The molecule has 3 aliphatic rings. The molecule has 4 nitrogen and oxygen atoms in total. The van der Waals surface area contributed by atoms with Crippen molar-refractivity contribution in [3.63, 3.8) is 0 Å². The second kappa shape index (κ2) is 2.03. The van der Waals surface area contributed by atoms with Crippen LogP contribution < -0.4 is 0 Å². The molecule has 0 aliphatic carbocycles. The Morgan fingerprint density at radius 2 is 2.07 bits per heavy atom. The van der Waals surface area contributed by atoms with E-state index < -0.39 is 23.0 Å². The molecule has 3 aliphatic heterocycles. The lowest BCUT2D eigenvalue weighted by atomic mass is 9.64. The van der Waals surface area contributed by atoms with Crippen LogP contribution in [0.1, 0.15) is 26.7 Å². The van der Waals surface area contributed by atoms with E-state index in [1.54, 1.807) is 6.92 Å². The number of carbonyl (C=O) groups excluding carboxylic acids is 2. The predicted octanol–water partition coefficient (Wildman–Crippen LogP) is 0.644. The van der Waals surface area contributed by atoms with E-state index >= 15 is 0 Å². The molecule has 3 saturated heterocycles. The Kier molecular flexibility index (Phi) is 1.22. The number of hydrogen-bond acceptors (Lipinski definition) is 4. The fourth-order valence-electron chi connectivity index (χ4n) is 3.32. The molecule has 0 radical (unpaired) electrons. The zero-order valence-corrected chi connectivity index (χ0v) is 8.20. The third kappa shape index (κ3) is 0.639. The number of fused-ring (bicyclic) bond motifs is 5. The number of cyclic esters (lactones) is 2. The van der Waals surface area contributed by atoms with Crippen molar-refractivity contribution in [1.29, 1.82) is 0 Å². The van der Waals surface area contributed by atoms with Crippen LogP contribution in [0.15, 0.2) is 0 Å². The summed E-state index contributed by atoms with van der Waals surface area (Å²) in [6, 6.07) is 0. The molecule has 0 N–H and O–H groups in total. The van der Waals surface area contributed by atoms with E-state index in [1.165, 1.54) is 0 Å². The van der Waals surface area contributed by atoms with Crippen LogP contribution in [-0.4, -0.2) is 23.6 Å². The highest BCUT2D eigenvalue weighted by Gasteiger charge is 2.73. The maximum atomic E-state index is 11.6. The Labute approximate surface area is 81.6 Å². The van der Waals surface area contributed by atoms with Crippen molar-refractivity contribution in [2.75, 3.05) is 0 Å². The van der Waals surface area contributed by atoms with Gasteiger partial charge in [-0.05, 0) is 26.7 Å². The largest absolute Gasteiger partial charge is 0.392 e. The minimum atomic E-state index is -0.718. The smallest absolute Gasteiger partial charge is 0.323 e. The monoisotopic (exact) mass is 196 g/mol. The van der Waals surface area contributed by atoms with Crippen molar-refractivity contribution in [2.45, 2.75) is 38.4 Å². The molecule has 0 aromatic carbocycles. The van der Waals surface area contributed by atoms with Crippen LogP contribution in [-0.2, 0) is 19.1 Å². The van der Waals surface area contributed by atoms with Crippen molar-refractivity contribution in [1.82, 2.24) is 0 Å². The molecule has 2 bridgehead atoms. The number of ether oxygens (including phenoxy) is 2. The molecule has 14 heavy (non-hydrogen) atoms. The molecule has 0 saturated carbocycles. The first-order valence-electron chi connectivity index (χ1n) is 4.92. The van der Waals surface area contributed by atoms with Gasteiger partial charge in [0.15, 0.2) is 0 Å². The first-order valence-corrected chi connectivity index (χ1v) is 4.92. The molecule has 4 atom stereocenters. The van der Waals surface area contributed by atoms with Gasteiger partial charge in [0, 0.05) is 0 Å². The van der Waals surface area contributed by atoms with Gasteiger partial charge in [0.05, 0.1) is 11.7 Å². The van der Waals surface area contributed by atoms with Crippen LogP contribution in [0.25, 0.3) is 0 Å². The fourth-order valence-corrected chi connectivity index (χ4v) is 3.32. The SMILES string of the molecule is C[C@]12C(=O)OC(=O)[C@@H]1[C@]1(C)CC[C@H]2O1. The van der Waals surface area contributed by atoms with Gasteiger partial charge in [0.2, 0.25) is 0 Å². The highest BCUT2D eigenvalue weighted by Crippen LogP contribution is 2.61. The minimum Gasteiger partial charge on any atom is -0.392 e. The molecular formula is C10H12O4. The van der Waals surface area contributed by atoms with E-state index in [1.807, 2.05) is 6.92 Å². The maximum absolute atomic E-state index is 11.6. The molecule has 0 aromatic heterocycles. The lowest BCUT2D eigenvalue weighted by Gasteiger charge is -2.30. The van der Waals surface area contributed by atoms with Crippen molar-refractivity contribution in [3.8, 4) is 0 Å². The highest BCUT2D eigenvalue weighted by molar-refractivity contribution is 6.00. The Morgan fingerprint density at radius 3 is 2.71 bits per heavy atom. The van der Waals surface area contributed by atoms with Gasteiger partial charge in [-0.25, -0.2) is 0 Å². The summed E-state index contributed by atoms with van der Waals surface area (Å²) in [5.41, 5.74) is -1.19. The first kappa shape index (κ1) is 8.41. The molecule has 76 valence electrons. The van der Waals surface area contributed by atoms with Gasteiger partial charge in [0.25, 0.3) is 0 Å². The van der Waals surface area contributed by atoms with Crippen molar-refractivity contribution < 1.29 is 19.1 Å². The fraction of sp³-hybridized carbons (Fsp3) is 0.800. The van der Waals surface area contributed by atoms with Gasteiger partial charge < -0.3 is 9.47 Å². The summed E-state index contributed by atoms with van der Waals surface area (Å²) in [6.07, 6.45) is 1.57. The van der Waals surface area contributed by atoms with Crippen LogP contribution in [0.2, 0.25) is 0 Å². The lowest BCUT2D eigenvalue weighted by Crippen LogP contribution is -2.44. The average Bonchev–Trinajstić information content (AvgIpc) is 2.62. The summed E-state index contributed by atoms with van der Waals surface area (Å²) in [5, 5.41) is 0. The third-order valence-corrected chi connectivity index (χ3v) is 4.06. The molecule has 0 spiro atoms. The van der Waals surface area contributed by atoms with Gasteiger partial charge >= 0.3 is 11.9 Å². The predicted molar refractivity (Wildman–Crippen MR) is 45.2 cm³/mol. The Bertz CT molecular complexity index is 350. The molecule has 3 heterocycles. The van der Waals surface area contributed by atoms with Crippen molar-refractivity contribution in [3.05, 3.63) is 0 Å². The number of esters is 2. The van der Waals surface area contributed by atoms with Crippen LogP contribution in [0.4, 0.5) is 0 Å². The van der Waals surface area contributed by atoms with Gasteiger partial charge in [-0.1, -0.05) is 0 Å². The summed E-state index contributed by atoms with van der Waals surface area (Å²) in [6.45, 7) is 3.70. The number of carbonyl (C=O) groups is 2. The maximum Gasteiger partial charge on any atom is 0.323 e. The zero-order valence-electron chi connectivity index (χ0n) is 8.20. The zero-order chi connectivity index (χ0) is 10.1. The van der Waals surface area contributed by atoms with Gasteiger partial charge in [0.1, 0.15) is 11.3 Å².